The maximum Gasteiger partial charge on any atom is 0.338 e. The Labute approximate surface area is 148 Å². The summed E-state index contributed by atoms with van der Waals surface area (Å²) >= 11 is 0. The number of carbonyl (C=O) groups excluding carboxylic acids is 2. The number of hydrogen-bond donors (Lipinski definition) is 0. The zero-order valence-corrected chi connectivity index (χ0v) is 16.0. The first-order valence-corrected chi connectivity index (χ1v) is 9.98. The summed E-state index contributed by atoms with van der Waals surface area (Å²) in [6.45, 7) is 7.65. The van der Waals surface area contributed by atoms with Gasteiger partial charge in [-0.05, 0) is 51.5 Å². The molecule has 1 aromatic rings. The summed E-state index contributed by atoms with van der Waals surface area (Å²) in [6.07, 6.45) is -0.0612. The van der Waals surface area contributed by atoms with Crippen molar-refractivity contribution in [1.82, 2.24) is 0 Å². The van der Waals surface area contributed by atoms with E-state index in [1.807, 2.05) is 0 Å². The molecule has 0 saturated heterocycles. The molecule has 1 rings (SSSR count). The lowest BCUT2D eigenvalue weighted by Gasteiger charge is -2.17. The standard InChI is InChI=1S/C17H25O7P/c1-5-21-16(18)14-9-13(10-15(11-14)17(19)22-6-2)12-25(20,23-7-3)24-8-4/h9-11H,5-8,12H2,1-4H3. The first kappa shape index (κ1) is 21.4. The highest BCUT2D eigenvalue weighted by Crippen LogP contribution is 2.51. The molecule has 0 radical (unpaired) electrons. The lowest BCUT2D eigenvalue weighted by atomic mass is 10.1. The molecule has 8 heteroatoms. The van der Waals surface area contributed by atoms with E-state index in [-0.39, 0.29) is 43.7 Å². The fourth-order valence-electron chi connectivity index (χ4n) is 2.19. The summed E-state index contributed by atoms with van der Waals surface area (Å²) in [4.78, 5) is 24.1. The van der Waals surface area contributed by atoms with Crippen LogP contribution >= 0.6 is 7.60 Å². The molecule has 0 bridgehead atoms. The van der Waals surface area contributed by atoms with E-state index in [4.69, 9.17) is 18.5 Å². The molecule has 140 valence electrons. The van der Waals surface area contributed by atoms with Gasteiger partial charge in [-0.15, -0.1) is 0 Å². The van der Waals surface area contributed by atoms with Gasteiger partial charge in [-0.1, -0.05) is 0 Å². The van der Waals surface area contributed by atoms with Gasteiger partial charge in [0.2, 0.25) is 0 Å². The minimum absolute atomic E-state index is 0.0612. The Balaban J connectivity index is 3.25. The largest absolute Gasteiger partial charge is 0.462 e. The molecule has 0 saturated carbocycles. The molecule has 0 aliphatic heterocycles. The highest BCUT2D eigenvalue weighted by Gasteiger charge is 2.26. The molecule has 1 aromatic carbocycles. The van der Waals surface area contributed by atoms with E-state index in [1.54, 1.807) is 27.7 Å². The van der Waals surface area contributed by atoms with Gasteiger partial charge in [0, 0.05) is 0 Å². The Morgan fingerprint density at radius 1 is 0.800 bits per heavy atom. The summed E-state index contributed by atoms with van der Waals surface area (Å²) in [5.74, 6) is -1.14. The van der Waals surface area contributed by atoms with Crippen LogP contribution in [-0.4, -0.2) is 38.4 Å². The van der Waals surface area contributed by atoms with Crippen molar-refractivity contribution in [2.75, 3.05) is 26.4 Å². The normalized spacial score (nSPS) is 11.2. The maximum atomic E-state index is 12.7. The van der Waals surface area contributed by atoms with Gasteiger partial charge in [-0.2, -0.15) is 0 Å². The first-order chi connectivity index (χ1) is 11.9. The number of esters is 2. The third kappa shape index (κ3) is 6.61. The molecule has 0 spiro atoms. The van der Waals surface area contributed by atoms with E-state index in [2.05, 4.69) is 0 Å². The molecule has 0 unspecified atom stereocenters. The fraction of sp³-hybridized carbons (Fsp3) is 0.529. The van der Waals surface area contributed by atoms with Gasteiger partial charge in [-0.3, -0.25) is 4.57 Å². The van der Waals surface area contributed by atoms with Crippen LogP contribution in [0.1, 0.15) is 54.0 Å². The molecule has 0 N–H and O–H groups in total. The predicted octanol–water partition coefficient (Wildman–Crippen LogP) is 3.81. The van der Waals surface area contributed by atoms with Crippen molar-refractivity contribution in [3.05, 3.63) is 34.9 Å². The molecule has 0 aliphatic rings. The number of hydrogen-bond acceptors (Lipinski definition) is 7. The first-order valence-electron chi connectivity index (χ1n) is 8.25. The zero-order valence-electron chi connectivity index (χ0n) is 15.1. The second kappa shape index (κ2) is 10.3. The Bertz CT molecular complexity index is 596. The predicted molar refractivity (Wildman–Crippen MR) is 92.9 cm³/mol. The van der Waals surface area contributed by atoms with Crippen molar-refractivity contribution in [1.29, 1.82) is 0 Å². The van der Waals surface area contributed by atoms with E-state index in [0.29, 0.717) is 5.56 Å². The van der Waals surface area contributed by atoms with Crippen LogP contribution in [0, 0.1) is 0 Å². The van der Waals surface area contributed by atoms with Crippen LogP contribution in [0.2, 0.25) is 0 Å². The molecule has 0 aromatic heterocycles. The van der Waals surface area contributed by atoms with Crippen molar-refractivity contribution in [2.24, 2.45) is 0 Å². The second-order valence-corrected chi connectivity index (χ2v) is 7.02. The molecule has 0 aliphatic carbocycles. The minimum atomic E-state index is -3.38. The monoisotopic (exact) mass is 372 g/mol. The van der Waals surface area contributed by atoms with Gasteiger partial charge >= 0.3 is 19.5 Å². The van der Waals surface area contributed by atoms with Crippen molar-refractivity contribution < 1.29 is 32.7 Å². The topological polar surface area (TPSA) is 88.1 Å². The van der Waals surface area contributed by atoms with Gasteiger partial charge in [0.25, 0.3) is 0 Å². The van der Waals surface area contributed by atoms with Crippen LogP contribution in [0.5, 0.6) is 0 Å². The average Bonchev–Trinajstić information content (AvgIpc) is 2.55. The molecular formula is C17H25O7P. The van der Waals surface area contributed by atoms with E-state index < -0.39 is 19.5 Å². The Morgan fingerprint density at radius 3 is 1.60 bits per heavy atom. The Morgan fingerprint density at radius 2 is 1.24 bits per heavy atom. The number of carbonyl (C=O) groups is 2. The number of rotatable bonds is 10. The van der Waals surface area contributed by atoms with Crippen LogP contribution in [0.15, 0.2) is 18.2 Å². The van der Waals surface area contributed by atoms with E-state index in [0.717, 1.165) is 0 Å². The van der Waals surface area contributed by atoms with Gasteiger partial charge < -0.3 is 18.5 Å². The molecule has 0 heterocycles. The van der Waals surface area contributed by atoms with Crippen molar-refractivity contribution in [2.45, 2.75) is 33.9 Å². The highest BCUT2D eigenvalue weighted by atomic mass is 31.2. The van der Waals surface area contributed by atoms with Crippen LogP contribution in [0.25, 0.3) is 0 Å². The minimum Gasteiger partial charge on any atom is -0.462 e. The summed E-state index contributed by atoms with van der Waals surface area (Å²) in [5, 5.41) is 0. The zero-order chi connectivity index (χ0) is 18.9. The van der Waals surface area contributed by atoms with Gasteiger partial charge in [0.1, 0.15) is 0 Å². The van der Waals surface area contributed by atoms with Gasteiger partial charge in [0.15, 0.2) is 0 Å². The lowest BCUT2D eigenvalue weighted by Crippen LogP contribution is -2.11. The molecule has 0 amide bonds. The van der Waals surface area contributed by atoms with Crippen LogP contribution in [0.3, 0.4) is 0 Å². The van der Waals surface area contributed by atoms with Crippen LogP contribution in [0.4, 0.5) is 0 Å². The summed E-state index contributed by atoms with van der Waals surface area (Å²) in [5.41, 5.74) is 0.836. The quantitative estimate of drug-likeness (QED) is 0.456. The highest BCUT2D eigenvalue weighted by molar-refractivity contribution is 7.53. The van der Waals surface area contributed by atoms with Crippen LogP contribution < -0.4 is 0 Å². The summed E-state index contributed by atoms with van der Waals surface area (Å²) < 4.78 is 33.2. The number of ether oxygens (including phenoxy) is 2. The van der Waals surface area contributed by atoms with E-state index in [9.17, 15) is 14.2 Å². The maximum absolute atomic E-state index is 12.7. The number of benzene rings is 1. The Kier molecular flexibility index (Phi) is 8.83. The van der Waals surface area contributed by atoms with Crippen molar-refractivity contribution in [3.8, 4) is 0 Å². The molecule has 7 nitrogen and oxygen atoms in total. The molecule has 25 heavy (non-hydrogen) atoms. The fourth-order valence-corrected chi connectivity index (χ4v) is 3.87. The summed E-state index contributed by atoms with van der Waals surface area (Å²) in [6, 6.07) is 4.43. The molecule has 0 atom stereocenters. The van der Waals surface area contributed by atoms with E-state index in [1.165, 1.54) is 18.2 Å². The third-order valence-electron chi connectivity index (χ3n) is 3.04. The van der Waals surface area contributed by atoms with Gasteiger partial charge in [-0.25, -0.2) is 9.59 Å². The molecular weight excluding hydrogens is 347 g/mol. The Hall–Kier alpha value is -1.69. The molecule has 0 fully saturated rings. The van der Waals surface area contributed by atoms with E-state index >= 15 is 0 Å². The van der Waals surface area contributed by atoms with Crippen molar-refractivity contribution in [3.63, 3.8) is 0 Å². The second-order valence-electron chi connectivity index (χ2n) is 4.96. The average molecular weight is 372 g/mol. The van der Waals surface area contributed by atoms with Gasteiger partial charge in [0.05, 0.1) is 43.7 Å². The van der Waals surface area contributed by atoms with Crippen molar-refractivity contribution >= 4 is 19.5 Å². The smallest absolute Gasteiger partial charge is 0.338 e. The van der Waals surface area contributed by atoms with Crippen LogP contribution in [-0.2, 0) is 29.2 Å². The SMILES string of the molecule is CCOC(=O)c1cc(CP(=O)(OCC)OCC)cc(C(=O)OCC)c1. The lowest BCUT2D eigenvalue weighted by molar-refractivity contribution is 0.0525. The summed E-state index contributed by atoms with van der Waals surface area (Å²) in [7, 11) is -3.38. The third-order valence-corrected chi connectivity index (χ3v) is 5.10.